The second-order valence-electron chi connectivity index (χ2n) is 4.15. The van der Waals surface area contributed by atoms with E-state index in [1.54, 1.807) is 6.92 Å². The SMILES string of the molecule is CCCNC(=O)C(C)Oc1ccc([N+](=O)[O-])cc1C=O. The van der Waals surface area contributed by atoms with Crippen molar-refractivity contribution >= 4 is 17.9 Å². The van der Waals surface area contributed by atoms with Crippen molar-refractivity contribution in [3.05, 3.63) is 33.9 Å². The van der Waals surface area contributed by atoms with Crippen LogP contribution in [0.3, 0.4) is 0 Å². The first kappa shape index (κ1) is 15.6. The maximum Gasteiger partial charge on any atom is 0.270 e. The Labute approximate surface area is 116 Å². The molecule has 0 spiro atoms. The fraction of sp³-hybridized carbons (Fsp3) is 0.385. The van der Waals surface area contributed by atoms with E-state index in [4.69, 9.17) is 4.74 Å². The average Bonchev–Trinajstić information content (AvgIpc) is 2.44. The Hall–Kier alpha value is -2.44. The minimum Gasteiger partial charge on any atom is -0.480 e. The molecule has 0 aliphatic carbocycles. The molecule has 0 aliphatic rings. The summed E-state index contributed by atoms with van der Waals surface area (Å²) in [5.41, 5.74) is -0.170. The molecule has 0 aromatic heterocycles. The standard InChI is InChI=1S/C13H16N2O5/c1-3-6-14-13(17)9(2)20-12-5-4-11(15(18)19)7-10(12)8-16/h4-5,7-9H,3,6H2,1-2H3,(H,14,17). The van der Waals surface area contributed by atoms with Crippen molar-refractivity contribution < 1.29 is 19.2 Å². The van der Waals surface area contributed by atoms with E-state index in [9.17, 15) is 19.7 Å². The summed E-state index contributed by atoms with van der Waals surface area (Å²) in [7, 11) is 0. The molecule has 7 nitrogen and oxygen atoms in total. The monoisotopic (exact) mass is 280 g/mol. The maximum absolute atomic E-state index is 11.6. The Bertz CT molecular complexity index is 515. The number of rotatable bonds is 7. The van der Waals surface area contributed by atoms with Gasteiger partial charge < -0.3 is 10.1 Å². The molecule has 0 saturated carbocycles. The number of hydrogen-bond acceptors (Lipinski definition) is 5. The molecule has 0 heterocycles. The van der Waals surface area contributed by atoms with Gasteiger partial charge >= 0.3 is 0 Å². The van der Waals surface area contributed by atoms with Crippen LogP contribution in [0.2, 0.25) is 0 Å². The lowest BCUT2D eigenvalue weighted by Gasteiger charge is -2.15. The molecule has 1 unspecified atom stereocenters. The molecule has 1 amide bonds. The van der Waals surface area contributed by atoms with Crippen molar-refractivity contribution in [3.8, 4) is 5.75 Å². The zero-order valence-corrected chi connectivity index (χ0v) is 11.3. The van der Waals surface area contributed by atoms with Crippen molar-refractivity contribution in [2.24, 2.45) is 0 Å². The summed E-state index contributed by atoms with van der Waals surface area (Å²) >= 11 is 0. The van der Waals surface area contributed by atoms with Crippen molar-refractivity contribution in [1.82, 2.24) is 5.32 Å². The van der Waals surface area contributed by atoms with Crippen LogP contribution in [0.5, 0.6) is 5.75 Å². The molecule has 0 fully saturated rings. The summed E-state index contributed by atoms with van der Waals surface area (Å²) in [6, 6.07) is 3.64. The van der Waals surface area contributed by atoms with Gasteiger partial charge in [0.1, 0.15) is 5.75 Å². The molecule has 0 radical (unpaired) electrons. The van der Waals surface area contributed by atoms with E-state index in [2.05, 4.69) is 5.32 Å². The summed E-state index contributed by atoms with van der Waals surface area (Å²) < 4.78 is 5.36. The van der Waals surface area contributed by atoms with Crippen LogP contribution in [-0.4, -0.2) is 29.8 Å². The molecule has 0 saturated heterocycles. The number of aldehydes is 1. The van der Waals surface area contributed by atoms with E-state index in [0.717, 1.165) is 12.5 Å². The Morgan fingerprint density at radius 3 is 2.80 bits per heavy atom. The number of nitro groups is 1. The first-order valence-corrected chi connectivity index (χ1v) is 6.17. The lowest BCUT2D eigenvalue weighted by Crippen LogP contribution is -2.36. The lowest BCUT2D eigenvalue weighted by atomic mass is 10.2. The highest BCUT2D eigenvalue weighted by Gasteiger charge is 2.17. The number of nitrogens with zero attached hydrogens (tertiary/aromatic N) is 1. The van der Waals surface area contributed by atoms with Gasteiger partial charge in [-0.25, -0.2) is 0 Å². The second kappa shape index (κ2) is 7.22. The lowest BCUT2D eigenvalue weighted by molar-refractivity contribution is -0.384. The summed E-state index contributed by atoms with van der Waals surface area (Å²) in [5.74, 6) is -0.160. The summed E-state index contributed by atoms with van der Waals surface area (Å²) in [6.07, 6.45) is 0.468. The number of ether oxygens (including phenoxy) is 1. The van der Waals surface area contributed by atoms with Crippen LogP contribution in [0.25, 0.3) is 0 Å². The molecule has 1 aromatic carbocycles. The highest BCUT2D eigenvalue weighted by molar-refractivity contribution is 5.83. The zero-order valence-electron chi connectivity index (χ0n) is 11.3. The van der Waals surface area contributed by atoms with Crippen LogP contribution in [0.4, 0.5) is 5.69 Å². The molecule has 0 bridgehead atoms. The van der Waals surface area contributed by atoms with Crippen molar-refractivity contribution in [1.29, 1.82) is 0 Å². The predicted octanol–water partition coefficient (Wildman–Crippen LogP) is 1.70. The Kier molecular flexibility index (Phi) is 5.64. The number of carbonyl (C=O) groups is 2. The second-order valence-corrected chi connectivity index (χ2v) is 4.15. The third kappa shape index (κ3) is 4.04. The number of hydrogen-bond donors (Lipinski definition) is 1. The number of non-ortho nitro benzene ring substituents is 1. The highest BCUT2D eigenvalue weighted by Crippen LogP contribution is 2.23. The maximum atomic E-state index is 11.6. The number of benzene rings is 1. The third-order valence-electron chi connectivity index (χ3n) is 2.55. The number of amides is 1. The van der Waals surface area contributed by atoms with E-state index >= 15 is 0 Å². The van der Waals surface area contributed by atoms with Gasteiger partial charge in [0.25, 0.3) is 11.6 Å². The Balaban J connectivity index is 2.84. The number of nitrogens with one attached hydrogen (secondary N) is 1. The van der Waals surface area contributed by atoms with Gasteiger partial charge in [0.05, 0.1) is 10.5 Å². The third-order valence-corrected chi connectivity index (χ3v) is 2.55. The predicted molar refractivity (Wildman–Crippen MR) is 71.9 cm³/mol. The quantitative estimate of drug-likeness (QED) is 0.465. The number of carbonyl (C=O) groups excluding carboxylic acids is 2. The minimum absolute atomic E-state index is 0.0364. The van der Waals surface area contributed by atoms with E-state index in [1.165, 1.54) is 12.1 Å². The smallest absolute Gasteiger partial charge is 0.270 e. The summed E-state index contributed by atoms with van der Waals surface area (Å²) in [6.45, 7) is 4.00. The topological polar surface area (TPSA) is 98.5 Å². The van der Waals surface area contributed by atoms with Gasteiger partial charge in [-0.3, -0.25) is 19.7 Å². The van der Waals surface area contributed by atoms with E-state index in [1.807, 2.05) is 6.92 Å². The fourth-order valence-corrected chi connectivity index (χ4v) is 1.48. The van der Waals surface area contributed by atoms with Crippen LogP contribution >= 0.6 is 0 Å². The highest BCUT2D eigenvalue weighted by atomic mass is 16.6. The Morgan fingerprint density at radius 2 is 2.25 bits per heavy atom. The van der Waals surface area contributed by atoms with Crippen LogP contribution < -0.4 is 10.1 Å². The molecule has 7 heteroatoms. The van der Waals surface area contributed by atoms with E-state index in [-0.39, 0.29) is 22.9 Å². The molecular weight excluding hydrogens is 264 g/mol. The zero-order chi connectivity index (χ0) is 15.1. The number of nitro benzene ring substituents is 1. The molecule has 1 N–H and O–H groups in total. The largest absolute Gasteiger partial charge is 0.480 e. The molecular formula is C13H16N2O5. The van der Waals surface area contributed by atoms with Crippen molar-refractivity contribution in [3.63, 3.8) is 0 Å². The molecule has 1 rings (SSSR count). The van der Waals surface area contributed by atoms with Gasteiger partial charge in [-0.05, 0) is 19.4 Å². The van der Waals surface area contributed by atoms with Gasteiger partial charge in [0.15, 0.2) is 12.4 Å². The van der Waals surface area contributed by atoms with Gasteiger partial charge in [-0.1, -0.05) is 6.92 Å². The Morgan fingerprint density at radius 1 is 1.55 bits per heavy atom. The molecule has 108 valence electrons. The molecule has 0 aliphatic heterocycles. The molecule has 1 aromatic rings. The first-order chi connectivity index (χ1) is 9.49. The average molecular weight is 280 g/mol. The normalized spacial score (nSPS) is 11.5. The van der Waals surface area contributed by atoms with Gasteiger partial charge in [-0.15, -0.1) is 0 Å². The van der Waals surface area contributed by atoms with E-state index in [0.29, 0.717) is 12.8 Å². The van der Waals surface area contributed by atoms with Gasteiger partial charge in [0, 0.05) is 18.7 Å². The van der Waals surface area contributed by atoms with E-state index < -0.39 is 11.0 Å². The summed E-state index contributed by atoms with van der Waals surface area (Å²) in [5, 5.41) is 13.3. The van der Waals surface area contributed by atoms with Crippen LogP contribution in [0, 0.1) is 10.1 Å². The van der Waals surface area contributed by atoms with Crippen molar-refractivity contribution in [2.75, 3.05) is 6.54 Å². The van der Waals surface area contributed by atoms with Crippen LogP contribution in [0.15, 0.2) is 18.2 Å². The van der Waals surface area contributed by atoms with Gasteiger partial charge in [0.2, 0.25) is 0 Å². The van der Waals surface area contributed by atoms with Crippen molar-refractivity contribution in [2.45, 2.75) is 26.4 Å². The molecule has 20 heavy (non-hydrogen) atoms. The minimum atomic E-state index is -0.790. The van der Waals surface area contributed by atoms with Gasteiger partial charge in [-0.2, -0.15) is 0 Å². The van der Waals surface area contributed by atoms with Crippen LogP contribution in [0.1, 0.15) is 30.6 Å². The van der Waals surface area contributed by atoms with Crippen LogP contribution in [-0.2, 0) is 4.79 Å². The summed E-state index contributed by atoms with van der Waals surface area (Å²) in [4.78, 5) is 32.6. The molecule has 1 atom stereocenters. The fourth-order valence-electron chi connectivity index (χ4n) is 1.48. The first-order valence-electron chi connectivity index (χ1n) is 6.17.